The molecule has 2 nitrogen and oxygen atoms in total. The Morgan fingerprint density at radius 1 is 1.41 bits per heavy atom. The van der Waals surface area contributed by atoms with Crippen LogP contribution in [0.2, 0.25) is 0 Å². The van der Waals surface area contributed by atoms with Gasteiger partial charge < -0.3 is 5.32 Å². The highest BCUT2D eigenvalue weighted by Crippen LogP contribution is 2.23. The first-order valence-corrected chi connectivity index (χ1v) is 7.49. The highest BCUT2D eigenvalue weighted by atomic mass is 32.1. The van der Waals surface area contributed by atoms with Crippen molar-refractivity contribution >= 4 is 11.3 Å². The Morgan fingerprint density at radius 3 is 2.65 bits per heavy atom. The second-order valence-corrected chi connectivity index (χ2v) is 6.74. The fourth-order valence-electron chi connectivity index (χ4n) is 1.61. The minimum atomic E-state index is 0.169. The van der Waals surface area contributed by atoms with Crippen LogP contribution in [0.1, 0.15) is 64.6 Å². The molecule has 0 spiro atoms. The Kier molecular flexibility index (Phi) is 5.60. The van der Waals surface area contributed by atoms with Crippen molar-refractivity contribution in [3.63, 3.8) is 0 Å². The molecule has 0 saturated heterocycles. The Morgan fingerprint density at radius 2 is 2.12 bits per heavy atom. The van der Waals surface area contributed by atoms with Gasteiger partial charge in [0.15, 0.2) is 0 Å². The molecule has 17 heavy (non-hydrogen) atoms. The highest BCUT2D eigenvalue weighted by molar-refractivity contribution is 7.09. The van der Waals surface area contributed by atoms with E-state index in [4.69, 9.17) is 0 Å². The number of nitrogens with zero attached hydrogens (tertiary/aromatic N) is 1. The molecule has 0 amide bonds. The topological polar surface area (TPSA) is 24.9 Å². The monoisotopic (exact) mass is 254 g/mol. The lowest BCUT2D eigenvalue weighted by Crippen LogP contribution is -2.25. The van der Waals surface area contributed by atoms with Gasteiger partial charge in [-0.05, 0) is 13.3 Å². The van der Waals surface area contributed by atoms with Crippen molar-refractivity contribution in [3.05, 3.63) is 16.1 Å². The van der Waals surface area contributed by atoms with Gasteiger partial charge in [-0.25, -0.2) is 4.98 Å². The quantitative estimate of drug-likeness (QED) is 0.826. The molecule has 1 aromatic rings. The summed E-state index contributed by atoms with van der Waals surface area (Å²) in [4.78, 5) is 4.69. The van der Waals surface area contributed by atoms with E-state index >= 15 is 0 Å². The predicted molar refractivity (Wildman–Crippen MR) is 76.6 cm³/mol. The Bertz CT molecular complexity index is 325. The van der Waals surface area contributed by atoms with Gasteiger partial charge >= 0.3 is 0 Å². The number of unbranched alkanes of at least 4 members (excludes halogenated alkanes) is 1. The van der Waals surface area contributed by atoms with Gasteiger partial charge in [0.05, 0.1) is 5.69 Å². The zero-order valence-electron chi connectivity index (χ0n) is 11.8. The summed E-state index contributed by atoms with van der Waals surface area (Å²) >= 11 is 1.77. The van der Waals surface area contributed by atoms with E-state index in [0.717, 1.165) is 6.54 Å². The Balaban J connectivity index is 2.40. The third-order valence-corrected chi connectivity index (χ3v) is 3.76. The number of rotatable bonds is 6. The minimum Gasteiger partial charge on any atom is -0.308 e. The van der Waals surface area contributed by atoms with Gasteiger partial charge in [0.25, 0.3) is 0 Å². The smallest absolute Gasteiger partial charge is 0.107 e. The Hall–Kier alpha value is -0.410. The first kappa shape index (κ1) is 14.7. The van der Waals surface area contributed by atoms with Crippen LogP contribution in [-0.4, -0.2) is 11.0 Å². The first-order valence-electron chi connectivity index (χ1n) is 6.61. The number of hydrogen-bond acceptors (Lipinski definition) is 3. The zero-order valence-corrected chi connectivity index (χ0v) is 12.7. The van der Waals surface area contributed by atoms with Gasteiger partial charge in [-0.15, -0.1) is 11.3 Å². The summed E-state index contributed by atoms with van der Waals surface area (Å²) in [5, 5.41) is 6.94. The molecule has 0 aliphatic heterocycles. The first-order chi connectivity index (χ1) is 7.93. The molecule has 1 unspecified atom stereocenters. The van der Waals surface area contributed by atoms with Crippen LogP contribution in [0.15, 0.2) is 5.38 Å². The molecular formula is C14H26N2S. The summed E-state index contributed by atoms with van der Waals surface area (Å²) in [6.07, 6.45) is 3.84. The summed E-state index contributed by atoms with van der Waals surface area (Å²) in [7, 11) is 0. The minimum absolute atomic E-state index is 0.169. The zero-order chi connectivity index (χ0) is 12.9. The average molecular weight is 254 g/mol. The Labute approximate surface area is 110 Å². The number of nitrogens with one attached hydrogen (secondary N) is 1. The average Bonchev–Trinajstić information content (AvgIpc) is 2.71. The van der Waals surface area contributed by atoms with Crippen molar-refractivity contribution in [1.29, 1.82) is 0 Å². The fourth-order valence-corrected chi connectivity index (χ4v) is 2.58. The molecule has 0 saturated carbocycles. The van der Waals surface area contributed by atoms with Crippen molar-refractivity contribution < 1.29 is 0 Å². The molecule has 1 rings (SSSR count). The number of thiazole rings is 1. The van der Waals surface area contributed by atoms with E-state index in [0.29, 0.717) is 6.04 Å². The van der Waals surface area contributed by atoms with Gasteiger partial charge in [0.2, 0.25) is 0 Å². The molecule has 0 aliphatic carbocycles. The van der Waals surface area contributed by atoms with Crippen molar-refractivity contribution in [3.8, 4) is 0 Å². The molecule has 3 heteroatoms. The van der Waals surface area contributed by atoms with Crippen LogP contribution in [0, 0.1) is 0 Å². The largest absolute Gasteiger partial charge is 0.308 e. The molecule has 0 radical (unpaired) electrons. The second-order valence-electron chi connectivity index (χ2n) is 5.80. The predicted octanol–water partition coefficient (Wildman–Crippen LogP) is 4.11. The van der Waals surface area contributed by atoms with E-state index in [2.05, 4.69) is 50.3 Å². The van der Waals surface area contributed by atoms with Crippen LogP contribution < -0.4 is 5.32 Å². The molecule has 1 aromatic heterocycles. The standard InChI is InChI=1S/C14H26N2S/c1-6-7-8-11(2)15-9-13-16-12(10-17-13)14(3,4)5/h10-11,15H,6-9H2,1-5H3. The van der Waals surface area contributed by atoms with Crippen molar-refractivity contribution in [1.82, 2.24) is 10.3 Å². The molecule has 1 heterocycles. The molecule has 0 aromatic carbocycles. The lowest BCUT2D eigenvalue weighted by Gasteiger charge is -2.14. The maximum absolute atomic E-state index is 4.69. The lowest BCUT2D eigenvalue weighted by atomic mass is 9.93. The van der Waals surface area contributed by atoms with Crippen LogP contribution in [-0.2, 0) is 12.0 Å². The summed E-state index contributed by atoms with van der Waals surface area (Å²) < 4.78 is 0. The molecule has 1 N–H and O–H groups in total. The van der Waals surface area contributed by atoms with Gasteiger partial charge in [-0.3, -0.25) is 0 Å². The normalized spacial score (nSPS) is 13.9. The van der Waals surface area contributed by atoms with E-state index in [1.54, 1.807) is 11.3 Å². The van der Waals surface area contributed by atoms with Gasteiger partial charge in [-0.2, -0.15) is 0 Å². The van der Waals surface area contributed by atoms with Crippen LogP contribution in [0.5, 0.6) is 0 Å². The molecule has 98 valence electrons. The van der Waals surface area contributed by atoms with Crippen molar-refractivity contribution in [2.45, 2.75) is 71.9 Å². The van der Waals surface area contributed by atoms with E-state index in [9.17, 15) is 0 Å². The van der Waals surface area contributed by atoms with Crippen molar-refractivity contribution in [2.75, 3.05) is 0 Å². The fraction of sp³-hybridized carbons (Fsp3) is 0.786. The highest BCUT2D eigenvalue weighted by Gasteiger charge is 2.17. The summed E-state index contributed by atoms with van der Waals surface area (Å²) in [5.41, 5.74) is 1.38. The maximum Gasteiger partial charge on any atom is 0.107 e. The van der Waals surface area contributed by atoms with Crippen LogP contribution in [0.3, 0.4) is 0 Å². The number of aromatic nitrogens is 1. The SMILES string of the molecule is CCCCC(C)NCc1nc(C(C)(C)C)cs1. The van der Waals surface area contributed by atoms with E-state index in [1.165, 1.54) is 30.0 Å². The van der Waals surface area contributed by atoms with E-state index in [1.807, 2.05) is 0 Å². The molecular weight excluding hydrogens is 228 g/mol. The molecule has 0 bridgehead atoms. The van der Waals surface area contributed by atoms with Crippen LogP contribution >= 0.6 is 11.3 Å². The summed E-state index contributed by atoms with van der Waals surface area (Å²) in [5.74, 6) is 0. The second kappa shape index (κ2) is 6.50. The molecule has 0 fully saturated rings. The molecule has 1 atom stereocenters. The summed E-state index contributed by atoms with van der Waals surface area (Å²) in [6, 6.07) is 0.594. The van der Waals surface area contributed by atoms with Crippen molar-refractivity contribution in [2.24, 2.45) is 0 Å². The van der Waals surface area contributed by atoms with E-state index < -0.39 is 0 Å². The van der Waals surface area contributed by atoms with Crippen LogP contribution in [0.4, 0.5) is 0 Å². The maximum atomic E-state index is 4.69. The lowest BCUT2D eigenvalue weighted by molar-refractivity contribution is 0.492. The van der Waals surface area contributed by atoms with Gasteiger partial charge in [0, 0.05) is 23.4 Å². The number of hydrogen-bond donors (Lipinski definition) is 1. The van der Waals surface area contributed by atoms with Gasteiger partial charge in [0.1, 0.15) is 5.01 Å². The third kappa shape index (κ3) is 5.17. The summed E-state index contributed by atoms with van der Waals surface area (Å²) in [6.45, 7) is 12.0. The molecule has 0 aliphatic rings. The van der Waals surface area contributed by atoms with Crippen LogP contribution in [0.25, 0.3) is 0 Å². The van der Waals surface area contributed by atoms with E-state index in [-0.39, 0.29) is 5.41 Å². The van der Waals surface area contributed by atoms with Gasteiger partial charge in [-0.1, -0.05) is 40.5 Å². The third-order valence-electron chi connectivity index (χ3n) is 2.91.